The lowest BCUT2D eigenvalue weighted by Gasteiger charge is -2.56. The van der Waals surface area contributed by atoms with Crippen molar-refractivity contribution in [3.63, 3.8) is 0 Å². The third-order valence-corrected chi connectivity index (χ3v) is 6.30. The van der Waals surface area contributed by atoms with Crippen molar-refractivity contribution in [2.75, 3.05) is 6.54 Å². The Morgan fingerprint density at radius 2 is 2.32 bits per heavy atom. The summed E-state index contributed by atoms with van der Waals surface area (Å²) >= 11 is 0. The van der Waals surface area contributed by atoms with Crippen LogP contribution in [0.2, 0.25) is 0 Å². The first-order chi connectivity index (χ1) is 10.8. The molecule has 2 fully saturated rings. The molecule has 2 N–H and O–H groups in total. The summed E-state index contributed by atoms with van der Waals surface area (Å²) in [6.07, 6.45) is 3.77. The number of nitrogens with zero attached hydrogens (tertiary/aromatic N) is 3. The maximum Gasteiger partial charge on any atom is 0.165 e. The van der Waals surface area contributed by atoms with Gasteiger partial charge in [-0.25, -0.2) is 0 Å². The fraction of sp³-hybridized carbons (Fsp3) is 0.625. The molecule has 22 heavy (non-hydrogen) atoms. The first kappa shape index (κ1) is 12.6. The zero-order chi connectivity index (χ0) is 14.9. The Kier molecular flexibility index (Phi) is 2.34. The number of piperidine rings is 1. The van der Waals surface area contributed by atoms with Gasteiger partial charge in [0.2, 0.25) is 0 Å². The number of phenolic OH excluding ortho intramolecular Hbond substituents is 1. The molecule has 2 aliphatic heterocycles. The van der Waals surface area contributed by atoms with Crippen LogP contribution in [0.25, 0.3) is 10.4 Å². The van der Waals surface area contributed by atoms with Gasteiger partial charge in [-0.05, 0) is 55.3 Å². The van der Waals surface area contributed by atoms with Gasteiger partial charge in [-0.3, -0.25) is 0 Å². The van der Waals surface area contributed by atoms with E-state index in [-0.39, 0.29) is 23.3 Å². The molecule has 1 saturated carbocycles. The second-order valence-corrected chi connectivity index (χ2v) is 7.00. The average Bonchev–Trinajstić information content (AvgIpc) is 2.85. The Morgan fingerprint density at radius 3 is 3.18 bits per heavy atom. The van der Waals surface area contributed by atoms with E-state index in [0.717, 1.165) is 32.2 Å². The summed E-state index contributed by atoms with van der Waals surface area (Å²) in [5.74, 6) is 1.37. The fourth-order valence-electron chi connectivity index (χ4n) is 5.62. The number of hydrogen-bond donors (Lipinski definition) is 2. The van der Waals surface area contributed by atoms with Crippen molar-refractivity contribution in [1.82, 2.24) is 5.32 Å². The molecular formula is C16H18N4O2. The van der Waals surface area contributed by atoms with Crippen molar-refractivity contribution in [1.29, 1.82) is 0 Å². The van der Waals surface area contributed by atoms with Crippen LogP contribution in [0.5, 0.6) is 11.5 Å². The molecule has 1 aromatic carbocycles. The Morgan fingerprint density at radius 1 is 1.41 bits per heavy atom. The van der Waals surface area contributed by atoms with Gasteiger partial charge in [0.15, 0.2) is 11.5 Å². The topological polar surface area (TPSA) is 90.3 Å². The van der Waals surface area contributed by atoms with E-state index in [4.69, 9.17) is 10.3 Å². The predicted molar refractivity (Wildman–Crippen MR) is 80.0 cm³/mol. The van der Waals surface area contributed by atoms with E-state index in [0.29, 0.717) is 17.7 Å². The Labute approximate surface area is 128 Å². The normalized spacial score (nSPS) is 40.4. The molecule has 5 rings (SSSR count). The summed E-state index contributed by atoms with van der Waals surface area (Å²) in [6.45, 7) is 0.957. The largest absolute Gasteiger partial charge is 0.504 e. The first-order valence-corrected chi connectivity index (χ1v) is 8.05. The molecular weight excluding hydrogens is 280 g/mol. The second kappa shape index (κ2) is 4.09. The molecule has 0 amide bonds. The zero-order valence-corrected chi connectivity index (χ0v) is 12.2. The van der Waals surface area contributed by atoms with Crippen LogP contribution in [0.15, 0.2) is 17.2 Å². The van der Waals surface area contributed by atoms with E-state index in [1.807, 2.05) is 6.07 Å². The summed E-state index contributed by atoms with van der Waals surface area (Å²) in [5, 5.41) is 18.0. The molecule has 0 unspecified atom stereocenters. The van der Waals surface area contributed by atoms with Crippen LogP contribution in [0.3, 0.4) is 0 Å². The number of phenols is 1. The van der Waals surface area contributed by atoms with Crippen molar-refractivity contribution in [3.8, 4) is 11.5 Å². The highest BCUT2D eigenvalue weighted by atomic mass is 16.5. The number of aromatic hydroxyl groups is 1. The second-order valence-electron chi connectivity index (χ2n) is 7.00. The fourth-order valence-corrected chi connectivity index (χ4v) is 5.62. The van der Waals surface area contributed by atoms with Gasteiger partial charge < -0.3 is 15.2 Å². The van der Waals surface area contributed by atoms with E-state index in [1.54, 1.807) is 6.07 Å². The molecule has 2 bridgehead atoms. The minimum Gasteiger partial charge on any atom is -0.504 e. The minimum absolute atomic E-state index is 0.0886. The molecule has 1 saturated heterocycles. The lowest BCUT2D eigenvalue weighted by molar-refractivity contribution is -0.00917. The number of azide groups is 1. The van der Waals surface area contributed by atoms with Crippen molar-refractivity contribution < 1.29 is 9.84 Å². The van der Waals surface area contributed by atoms with Crippen LogP contribution in [0.4, 0.5) is 0 Å². The molecule has 2 aliphatic carbocycles. The number of hydrogen-bond acceptors (Lipinski definition) is 4. The quantitative estimate of drug-likeness (QED) is 0.474. The van der Waals surface area contributed by atoms with Gasteiger partial charge in [-0.15, -0.1) is 0 Å². The number of nitrogens with one attached hydrogen (secondary N) is 1. The molecule has 5 atom stereocenters. The van der Waals surface area contributed by atoms with Gasteiger partial charge in [0, 0.05) is 21.9 Å². The van der Waals surface area contributed by atoms with Gasteiger partial charge >= 0.3 is 0 Å². The summed E-state index contributed by atoms with van der Waals surface area (Å²) in [4.78, 5) is 3.04. The van der Waals surface area contributed by atoms with E-state index in [9.17, 15) is 5.11 Å². The summed E-state index contributed by atoms with van der Waals surface area (Å²) in [6, 6.07) is 4.10. The summed E-state index contributed by atoms with van der Waals surface area (Å²) < 4.78 is 6.23. The molecule has 1 spiro atoms. The van der Waals surface area contributed by atoms with E-state index in [2.05, 4.69) is 15.3 Å². The Bertz CT molecular complexity index is 714. The molecule has 0 aromatic heterocycles. The number of ether oxygens (including phenoxy) is 1. The van der Waals surface area contributed by atoms with Crippen LogP contribution in [0, 0.1) is 5.92 Å². The highest BCUT2D eigenvalue weighted by Gasteiger charge is 2.64. The molecule has 4 aliphatic rings. The number of benzene rings is 1. The highest BCUT2D eigenvalue weighted by molar-refractivity contribution is 5.60. The van der Waals surface area contributed by atoms with Crippen molar-refractivity contribution in [2.24, 2.45) is 11.0 Å². The average molecular weight is 298 g/mol. The van der Waals surface area contributed by atoms with E-state index >= 15 is 0 Å². The van der Waals surface area contributed by atoms with Gasteiger partial charge in [-0.1, -0.05) is 11.2 Å². The standard InChI is InChI=1S/C16H18N4O2/c17-20-19-10-3-2-9-11-7-8-1-4-12(21)14-13(8)16(9,5-6-18-11)15(10)22-14/h1,4,9-11,15,18,21H,2-3,5-7H2/t9-,10+,11+,15-,16-/m0/s1. The third kappa shape index (κ3) is 1.29. The SMILES string of the molecule is [N-]=[N+]=N[C@@H]1CC[C@H]2[C@H]3Cc4ccc(O)c5c4[C@@]2(CCN3)[C@H]1O5. The van der Waals surface area contributed by atoms with Crippen molar-refractivity contribution >= 4 is 0 Å². The first-order valence-electron chi connectivity index (χ1n) is 8.05. The lowest BCUT2D eigenvalue weighted by Crippen LogP contribution is -2.65. The minimum atomic E-state index is -0.141. The molecule has 1 aromatic rings. The summed E-state index contributed by atoms with van der Waals surface area (Å²) in [7, 11) is 0. The maximum absolute atomic E-state index is 10.3. The van der Waals surface area contributed by atoms with Crippen molar-refractivity contribution in [3.05, 3.63) is 33.7 Å². The molecule has 2 heterocycles. The van der Waals surface area contributed by atoms with Crippen LogP contribution in [0.1, 0.15) is 30.4 Å². The monoisotopic (exact) mass is 298 g/mol. The van der Waals surface area contributed by atoms with Crippen LogP contribution < -0.4 is 10.1 Å². The van der Waals surface area contributed by atoms with E-state index < -0.39 is 0 Å². The molecule has 0 radical (unpaired) electrons. The Balaban J connectivity index is 1.78. The molecule has 6 nitrogen and oxygen atoms in total. The molecule has 114 valence electrons. The van der Waals surface area contributed by atoms with Crippen molar-refractivity contribution in [2.45, 2.75) is 49.3 Å². The van der Waals surface area contributed by atoms with Gasteiger partial charge in [0.25, 0.3) is 0 Å². The van der Waals surface area contributed by atoms with Gasteiger partial charge in [0.05, 0.1) is 6.04 Å². The third-order valence-electron chi connectivity index (χ3n) is 6.30. The highest BCUT2D eigenvalue weighted by Crippen LogP contribution is 2.62. The maximum atomic E-state index is 10.3. The lowest BCUT2D eigenvalue weighted by atomic mass is 9.51. The smallest absolute Gasteiger partial charge is 0.165 e. The van der Waals surface area contributed by atoms with Crippen LogP contribution >= 0.6 is 0 Å². The van der Waals surface area contributed by atoms with Crippen LogP contribution in [-0.4, -0.2) is 29.8 Å². The number of rotatable bonds is 1. The predicted octanol–water partition coefficient (Wildman–Crippen LogP) is 2.40. The van der Waals surface area contributed by atoms with Gasteiger partial charge in [-0.2, -0.15) is 0 Å². The van der Waals surface area contributed by atoms with Crippen LogP contribution in [-0.2, 0) is 11.8 Å². The Hall–Kier alpha value is -1.91. The van der Waals surface area contributed by atoms with E-state index in [1.165, 1.54) is 11.1 Å². The zero-order valence-electron chi connectivity index (χ0n) is 12.2. The summed E-state index contributed by atoms with van der Waals surface area (Å²) in [5.41, 5.74) is 11.3. The molecule has 6 heteroatoms. The van der Waals surface area contributed by atoms with Gasteiger partial charge in [0.1, 0.15) is 6.10 Å².